The van der Waals surface area contributed by atoms with Gasteiger partial charge < -0.3 is 89.5 Å². The minimum atomic E-state index is -4.64. The van der Waals surface area contributed by atoms with Gasteiger partial charge in [-0.1, -0.05) is 35.4 Å². The van der Waals surface area contributed by atoms with Crippen LogP contribution in [0.1, 0.15) is 55.9 Å². The second-order valence-electron chi connectivity index (χ2n) is 13.4. The molecule has 27 nitrogen and oxygen atoms in total. The maximum atomic E-state index is 11.3. The van der Waals surface area contributed by atoms with E-state index in [1.807, 2.05) is 0 Å². The molecule has 0 saturated carbocycles. The van der Waals surface area contributed by atoms with Crippen LogP contribution >= 0.6 is 0 Å². The molecule has 0 aromatic carbocycles. The van der Waals surface area contributed by atoms with Gasteiger partial charge in [-0.2, -0.15) is 13.2 Å². The van der Waals surface area contributed by atoms with Gasteiger partial charge in [-0.3, -0.25) is 38.4 Å². The lowest BCUT2D eigenvalue weighted by Crippen LogP contribution is -2.35. The van der Waals surface area contributed by atoms with Crippen LogP contribution in [0, 0.1) is 0 Å². The molecule has 30 heteroatoms. The van der Waals surface area contributed by atoms with Crippen molar-refractivity contribution in [3.63, 3.8) is 0 Å². The van der Waals surface area contributed by atoms with Crippen molar-refractivity contribution in [3.8, 4) is 0 Å². The number of amides is 2. The van der Waals surface area contributed by atoms with E-state index in [-0.39, 0.29) is 140 Å². The fraction of sp³-hybridized carbons (Fsp3) is 0.711. The van der Waals surface area contributed by atoms with Crippen LogP contribution in [0.4, 0.5) is 18.0 Å². The summed E-state index contributed by atoms with van der Waals surface area (Å²) in [6, 6.07) is 0. The van der Waals surface area contributed by atoms with Crippen molar-refractivity contribution >= 4 is 53.9 Å². The highest BCUT2D eigenvalue weighted by Crippen LogP contribution is 2.08. The molecule has 0 aliphatic carbocycles. The molecule has 0 aliphatic rings. The Bertz CT molecular complexity index is 1400. The first-order valence-electron chi connectivity index (χ1n) is 21.5. The Morgan fingerprint density at radius 1 is 0.520 bits per heavy atom. The summed E-state index contributed by atoms with van der Waals surface area (Å²) in [5.74, 6) is -3.72. The van der Waals surface area contributed by atoms with E-state index < -0.39 is 66.5 Å². The number of ether oxygens (including phenoxy) is 11. The van der Waals surface area contributed by atoms with Crippen molar-refractivity contribution in [3.05, 3.63) is 25.3 Å². The van der Waals surface area contributed by atoms with Gasteiger partial charge in [0, 0.05) is 6.42 Å². The van der Waals surface area contributed by atoms with E-state index in [9.17, 15) is 51.5 Å². The minimum absolute atomic E-state index is 0. The first-order chi connectivity index (χ1) is 34.0. The minimum Gasteiger partial charge on any atom is -0.480 e. The molecule has 0 heterocycles. The summed E-state index contributed by atoms with van der Waals surface area (Å²) >= 11 is 0. The predicted octanol–water partition coefficient (Wildman–Crippen LogP) is 0.223. The number of esters is 4. The molecule has 75 heavy (non-hydrogen) atoms. The van der Waals surface area contributed by atoms with Crippen LogP contribution in [0.3, 0.4) is 0 Å². The Morgan fingerprint density at radius 2 is 0.853 bits per heavy atom. The molecule has 0 unspecified atom stereocenters. The monoisotopic (exact) mass is 1110 g/mol. The van der Waals surface area contributed by atoms with Gasteiger partial charge in [0.2, 0.25) is 12.2 Å². The van der Waals surface area contributed by atoms with Crippen LogP contribution in [-0.2, 0) is 90.5 Å². The van der Waals surface area contributed by atoms with Gasteiger partial charge >= 0.3 is 42.1 Å². The molecule has 0 aromatic heterocycles. The number of alkyl halides is 3. The number of nitrogens with two attached hydrogens (primary N) is 2. The third kappa shape index (κ3) is 88.3. The van der Waals surface area contributed by atoms with Gasteiger partial charge in [-0.25, -0.2) is 4.79 Å². The second-order valence-corrected chi connectivity index (χ2v) is 13.4. The van der Waals surface area contributed by atoms with Crippen LogP contribution in [0.25, 0.3) is 0 Å². The first-order valence-corrected chi connectivity index (χ1v) is 21.5. The maximum Gasteiger partial charge on any atom is 0.446 e. The van der Waals surface area contributed by atoms with Gasteiger partial charge in [0.15, 0.2) is 5.78 Å². The number of carbonyl (C=O) groups excluding carboxylic acids is 8. The van der Waals surface area contributed by atoms with E-state index in [0.29, 0.717) is 39.6 Å². The summed E-state index contributed by atoms with van der Waals surface area (Å²) < 4.78 is 85.4. The molecule has 0 atom stereocenters. The molecule has 2 amide bonds. The summed E-state index contributed by atoms with van der Waals surface area (Å²) in [6.07, 6.45) is -4.09. The average Bonchev–Trinajstić information content (AvgIpc) is 3.33. The molecule has 0 spiro atoms. The number of aliphatic hydroxyl groups excluding tert-OH is 2. The number of carboxylic acids is 1. The van der Waals surface area contributed by atoms with E-state index in [1.54, 1.807) is 20.8 Å². The molecule has 0 fully saturated rings. The van der Waals surface area contributed by atoms with E-state index in [2.05, 4.69) is 33.3 Å². The Balaban J connectivity index is -0.000000133. The van der Waals surface area contributed by atoms with Crippen molar-refractivity contribution in [2.75, 3.05) is 145 Å². The van der Waals surface area contributed by atoms with Gasteiger partial charge in [0.05, 0.1) is 112 Å². The van der Waals surface area contributed by atoms with Gasteiger partial charge in [-0.05, 0) is 32.9 Å². The number of alkyl carbamates (subject to hydrolysis) is 1. The van der Waals surface area contributed by atoms with E-state index >= 15 is 0 Å². The Labute approximate surface area is 437 Å². The van der Waals surface area contributed by atoms with Gasteiger partial charge in [0.25, 0.3) is 0 Å². The number of allylic oxidation sites excluding steroid dienone is 1. The van der Waals surface area contributed by atoms with E-state index in [4.69, 9.17) is 74.2 Å². The summed E-state index contributed by atoms with van der Waals surface area (Å²) in [4.78, 5) is 95.0. The van der Waals surface area contributed by atoms with Crippen molar-refractivity contribution in [2.45, 2.75) is 67.7 Å². The number of aliphatic carboxylic acids is 1. The second kappa shape index (κ2) is 62.6. The number of aliphatic hydroxyl groups is 2. The summed E-state index contributed by atoms with van der Waals surface area (Å²) in [7, 11) is 0. The number of hydrogen-bond acceptors (Lipinski definition) is 24. The Morgan fingerprint density at radius 3 is 1.15 bits per heavy atom. The SMILES string of the molecule is C.C.C.C=CC(=O)CCC(=O)OCCOCCOCCOC(=O)CNC(=O)C=C.CC(C)(C)OC(=O)NCC(=O)O.NCC(=O)OCCOCCOCCOC(=O)CN.O=CC(F)(F)F.OCCOCCOCCO. The van der Waals surface area contributed by atoms with Crippen molar-refractivity contribution in [2.24, 2.45) is 11.5 Å². The summed E-state index contributed by atoms with van der Waals surface area (Å²) in [5.41, 5.74) is 9.47. The number of hydrogen-bond donors (Lipinski definition) is 7. The quantitative estimate of drug-likeness (QED) is 0.0145. The lowest BCUT2D eigenvalue weighted by Gasteiger charge is -2.19. The van der Waals surface area contributed by atoms with Crippen molar-refractivity contribution in [1.82, 2.24) is 10.6 Å². The highest BCUT2D eigenvalue weighted by molar-refractivity contribution is 5.91. The van der Waals surface area contributed by atoms with Crippen molar-refractivity contribution in [1.29, 1.82) is 0 Å². The largest absolute Gasteiger partial charge is 0.480 e. The van der Waals surface area contributed by atoms with Crippen LogP contribution in [0.2, 0.25) is 0 Å². The molecule has 0 rings (SSSR count). The Kier molecular flexibility index (Phi) is 71.8. The third-order valence-electron chi connectivity index (χ3n) is 6.20. The van der Waals surface area contributed by atoms with Crippen molar-refractivity contribution < 1.29 is 124 Å². The number of aldehydes is 1. The fourth-order valence-corrected chi connectivity index (χ4v) is 3.21. The Hall–Kier alpha value is -5.70. The van der Waals surface area contributed by atoms with Crippen LogP contribution in [0.15, 0.2) is 25.3 Å². The predicted molar refractivity (Wildman–Crippen MR) is 263 cm³/mol. The normalized spacial score (nSPS) is 9.79. The molecular weight excluding hydrogens is 1020 g/mol. The highest BCUT2D eigenvalue weighted by atomic mass is 19.4. The van der Waals surface area contributed by atoms with Crippen LogP contribution in [0.5, 0.6) is 0 Å². The average molecular weight is 1110 g/mol. The van der Waals surface area contributed by atoms with Gasteiger partial charge in [0.1, 0.15) is 45.1 Å². The fourth-order valence-electron chi connectivity index (χ4n) is 3.21. The topological polar surface area (TPSA) is 392 Å². The van der Waals surface area contributed by atoms with E-state index in [0.717, 1.165) is 12.2 Å². The zero-order chi connectivity index (χ0) is 55.9. The first kappa shape index (κ1) is 86.0. The molecule has 0 aliphatic heterocycles. The number of rotatable bonds is 36. The molecule has 444 valence electrons. The van der Waals surface area contributed by atoms with Crippen LogP contribution in [-0.4, -0.2) is 226 Å². The molecule has 0 bridgehead atoms. The summed E-state index contributed by atoms with van der Waals surface area (Å²) in [5, 5.41) is 29.1. The van der Waals surface area contributed by atoms with Gasteiger partial charge in [-0.15, -0.1) is 0 Å². The van der Waals surface area contributed by atoms with Crippen LogP contribution < -0.4 is 22.1 Å². The number of ketones is 1. The number of carbonyl (C=O) groups is 9. The summed E-state index contributed by atoms with van der Waals surface area (Å²) in [6.45, 7) is 15.3. The smallest absolute Gasteiger partial charge is 0.446 e. The molecule has 0 saturated heterocycles. The van der Waals surface area contributed by atoms with E-state index in [1.165, 1.54) is 0 Å². The molecule has 0 aromatic rings. The highest BCUT2D eigenvalue weighted by Gasteiger charge is 2.25. The molecular formula is C45H85F3N4O23. The lowest BCUT2D eigenvalue weighted by molar-refractivity contribution is -0.156. The maximum absolute atomic E-state index is 11.3. The number of carboxylic acid groups (broad SMARTS) is 1. The lowest BCUT2D eigenvalue weighted by atomic mass is 10.2. The number of nitrogens with one attached hydrogen (secondary N) is 2. The standard InChI is InChI=1S/C17H25NO8.C10H20N2O6.C7H13NO4.C6H14O4.C2HF3O.3CH4/c1-3-14(19)5-6-16(21)25-11-9-23-7-8-24-10-12-26-17(22)13-18-15(20)4-2;11-7-9(13)17-5-3-15-1-2-16-4-6-18-10(14)8-12;1-7(2,3)12-6(11)8-4-5(9)10;7-1-3-9-5-6-10-4-2-8;3-2(4,5)1-6;;;/h3-4H,1-2,5-13H2,(H,18,20);1-8,11-12H2;4H2,1-3H3,(H,8,11)(H,9,10);7-8H,1-6H2;1H;3*1H4. The molecule has 9 N–H and O–H groups in total. The third-order valence-corrected chi connectivity index (χ3v) is 6.20. The zero-order valence-electron chi connectivity index (χ0n) is 40.9. The zero-order valence-corrected chi connectivity index (χ0v) is 40.9. The molecule has 0 radical (unpaired) electrons. The number of halogens is 3.